The molecule has 0 aliphatic heterocycles. The molecule has 0 fully saturated rings. The Morgan fingerprint density at radius 1 is 1.25 bits per heavy atom. The van der Waals surface area contributed by atoms with Gasteiger partial charge in [-0.15, -0.1) is 0 Å². The third-order valence-electron chi connectivity index (χ3n) is 2.88. The van der Waals surface area contributed by atoms with Gasteiger partial charge in [-0.1, -0.05) is 35.9 Å². The van der Waals surface area contributed by atoms with Gasteiger partial charge in [-0.25, -0.2) is 0 Å². The molecule has 0 saturated carbocycles. The minimum Gasteiger partial charge on any atom is -0.352 e. The highest BCUT2D eigenvalue weighted by Crippen LogP contribution is 2.05. The summed E-state index contributed by atoms with van der Waals surface area (Å²) < 4.78 is 0. The predicted octanol–water partition coefficient (Wildman–Crippen LogP) is 2.76. The highest BCUT2D eigenvalue weighted by molar-refractivity contribution is 5.91. The number of nitrogens with zero attached hydrogens (tertiary/aromatic N) is 1. The Bertz CT molecular complexity index is 591. The van der Waals surface area contributed by atoms with E-state index in [4.69, 9.17) is 0 Å². The van der Waals surface area contributed by atoms with E-state index in [1.807, 2.05) is 55.5 Å². The van der Waals surface area contributed by atoms with Crippen LogP contribution in [0.15, 0.2) is 54.7 Å². The summed E-state index contributed by atoms with van der Waals surface area (Å²) >= 11 is 0. The Balaban J connectivity index is 1.78. The second-order valence-electron chi connectivity index (χ2n) is 4.61. The van der Waals surface area contributed by atoms with Gasteiger partial charge in [0, 0.05) is 30.9 Å². The van der Waals surface area contributed by atoms with Crippen molar-refractivity contribution in [3.8, 4) is 0 Å². The largest absolute Gasteiger partial charge is 0.352 e. The number of carbonyl (C=O) groups is 1. The minimum atomic E-state index is -0.0811. The smallest absolute Gasteiger partial charge is 0.244 e. The molecule has 0 atom stereocenters. The van der Waals surface area contributed by atoms with Crippen molar-refractivity contribution in [2.45, 2.75) is 13.3 Å². The summed E-state index contributed by atoms with van der Waals surface area (Å²) in [5.41, 5.74) is 3.20. The number of hydrogen-bond donors (Lipinski definition) is 1. The summed E-state index contributed by atoms with van der Waals surface area (Å²) in [6, 6.07) is 13.8. The number of aryl methyl sites for hydroxylation is 1. The van der Waals surface area contributed by atoms with Crippen LogP contribution in [0.5, 0.6) is 0 Å². The van der Waals surface area contributed by atoms with Gasteiger partial charge in [-0.2, -0.15) is 0 Å². The van der Waals surface area contributed by atoms with Gasteiger partial charge in [0.05, 0.1) is 0 Å². The Morgan fingerprint density at radius 3 is 2.90 bits per heavy atom. The number of nitrogens with one attached hydrogen (secondary N) is 1. The molecule has 102 valence electrons. The first kappa shape index (κ1) is 14.0. The van der Waals surface area contributed by atoms with Crippen LogP contribution >= 0.6 is 0 Å². The summed E-state index contributed by atoms with van der Waals surface area (Å²) in [5.74, 6) is -0.0811. The van der Waals surface area contributed by atoms with E-state index in [-0.39, 0.29) is 5.91 Å². The van der Waals surface area contributed by atoms with Crippen molar-refractivity contribution in [3.63, 3.8) is 0 Å². The van der Waals surface area contributed by atoms with Crippen LogP contribution in [0.1, 0.15) is 16.8 Å². The SMILES string of the molecule is Cc1cccc(/C=C/C(=O)NCCc2ccccn2)c1. The molecule has 0 saturated heterocycles. The first-order valence-corrected chi connectivity index (χ1v) is 6.66. The molecule has 3 nitrogen and oxygen atoms in total. The Labute approximate surface area is 119 Å². The van der Waals surface area contributed by atoms with Crippen LogP contribution in [-0.2, 0) is 11.2 Å². The van der Waals surface area contributed by atoms with Crippen molar-refractivity contribution >= 4 is 12.0 Å². The zero-order valence-electron chi connectivity index (χ0n) is 11.5. The Morgan fingerprint density at radius 2 is 2.15 bits per heavy atom. The number of benzene rings is 1. The molecule has 0 unspecified atom stereocenters. The lowest BCUT2D eigenvalue weighted by atomic mass is 10.1. The minimum absolute atomic E-state index is 0.0811. The van der Waals surface area contributed by atoms with Gasteiger partial charge in [0.15, 0.2) is 0 Å². The molecule has 2 aromatic rings. The molecule has 1 amide bonds. The average Bonchev–Trinajstić information content (AvgIpc) is 2.46. The summed E-state index contributed by atoms with van der Waals surface area (Å²) in [7, 11) is 0. The van der Waals surface area contributed by atoms with Crippen LogP contribution in [0.3, 0.4) is 0 Å². The van der Waals surface area contributed by atoms with Crippen molar-refractivity contribution in [1.29, 1.82) is 0 Å². The van der Waals surface area contributed by atoms with Gasteiger partial charge in [-0.3, -0.25) is 9.78 Å². The summed E-state index contributed by atoms with van der Waals surface area (Å²) in [6.45, 7) is 2.62. The van der Waals surface area contributed by atoms with E-state index in [1.54, 1.807) is 12.3 Å². The zero-order valence-corrected chi connectivity index (χ0v) is 11.5. The monoisotopic (exact) mass is 266 g/mol. The van der Waals surface area contributed by atoms with Crippen LogP contribution < -0.4 is 5.32 Å². The van der Waals surface area contributed by atoms with Gasteiger partial charge in [0.25, 0.3) is 0 Å². The molecule has 0 bridgehead atoms. The van der Waals surface area contributed by atoms with Crippen LogP contribution in [-0.4, -0.2) is 17.4 Å². The van der Waals surface area contributed by atoms with Crippen LogP contribution in [0.2, 0.25) is 0 Å². The lowest BCUT2D eigenvalue weighted by molar-refractivity contribution is -0.116. The van der Waals surface area contributed by atoms with Gasteiger partial charge < -0.3 is 5.32 Å². The molecule has 1 heterocycles. The maximum absolute atomic E-state index is 11.7. The molecular weight excluding hydrogens is 248 g/mol. The van der Waals surface area contributed by atoms with Gasteiger partial charge in [-0.05, 0) is 30.7 Å². The molecule has 0 radical (unpaired) electrons. The molecule has 0 aliphatic rings. The van der Waals surface area contributed by atoms with Crippen molar-refractivity contribution in [1.82, 2.24) is 10.3 Å². The standard InChI is InChI=1S/C17H18N2O/c1-14-5-4-6-15(13-14)8-9-17(20)19-12-10-16-7-2-3-11-18-16/h2-9,11,13H,10,12H2,1H3,(H,19,20)/b9-8+. The molecule has 1 aromatic heterocycles. The van der Waals surface area contributed by atoms with Crippen LogP contribution in [0, 0.1) is 6.92 Å². The lowest BCUT2D eigenvalue weighted by Crippen LogP contribution is -2.23. The number of hydrogen-bond acceptors (Lipinski definition) is 2. The molecule has 0 spiro atoms. The second-order valence-corrected chi connectivity index (χ2v) is 4.61. The van der Waals surface area contributed by atoms with Gasteiger partial charge in [0.2, 0.25) is 5.91 Å². The van der Waals surface area contributed by atoms with Gasteiger partial charge >= 0.3 is 0 Å². The maximum Gasteiger partial charge on any atom is 0.244 e. The number of carbonyl (C=O) groups excluding carboxylic acids is 1. The fraction of sp³-hybridized carbons (Fsp3) is 0.176. The number of pyridine rings is 1. The molecule has 1 N–H and O–H groups in total. The van der Waals surface area contributed by atoms with E-state index in [1.165, 1.54) is 5.56 Å². The molecule has 0 aliphatic carbocycles. The topological polar surface area (TPSA) is 42.0 Å². The number of aromatic nitrogens is 1. The fourth-order valence-corrected chi connectivity index (χ4v) is 1.86. The van der Waals surface area contributed by atoms with E-state index in [2.05, 4.69) is 10.3 Å². The summed E-state index contributed by atoms with van der Waals surface area (Å²) in [5, 5.41) is 2.85. The normalized spacial score (nSPS) is 10.7. The van der Waals surface area contributed by atoms with Crippen molar-refractivity contribution < 1.29 is 4.79 Å². The quantitative estimate of drug-likeness (QED) is 0.845. The molecule has 2 rings (SSSR count). The van der Waals surface area contributed by atoms with Crippen LogP contribution in [0.4, 0.5) is 0 Å². The first-order chi connectivity index (χ1) is 9.74. The average molecular weight is 266 g/mol. The third-order valence-corrected chi connectivity index (χ3v) is 2.88. The Kier molecular flexibility index (Phi) is 5.07. The van der Waals surface area contributed by atoms with E-state index < -0.39 is 0 Å². The number of rotatable bonds is 5. The van der Waals surface area contributed by atoms with Gasteiger partial charge in [0.1, 0.15) is 0 Å². The Hall–Kier alpha value is -2.42. The third kappa shape index (κ3) is 4.69. The van der Waals surface area contributed by atoms with Crippen LogP contribution in [0.25, 0.3) is 6.08 Å². The zero-order chi connectivity index (χ0) is 14.2. The highest BCUT2D eigenvalue weighted by Gasteiger charge is 1.97. The summed E-state index contributed by atoms with van der Waals surface area (Å²) in [6.07, 6.45) is 5.88. The molecule has 20 heavy (non-hydrogen) atoms. The molecule has 1 aromatic carbocycles. The van der Waals surface area contributed by atoms with Crippen molar-refractivity contribution in [2.75, 3.05) is 6.54 Å². The van der Waals surface area contributed by atoms with Crippen molar-refractivity contribution in [3.05, 3.63) is 71.6 Å². The van der Waals surface area contributed by atoms with E-state index in [0.29, 0.717) is 6.54 Å². The second kappa shape index (κ2) is 7.24. The predicted molar refractivity (Wildman–Crippen MR) is 81.2 cm³/mol. The fourth-order valence-electron chi connectivity index (χ4n) is 1.86. The van der Waals surface area contributed by atoms with E-state index in [0.717, 1.165) is 17.7 Å². The molecule has 3 heteroatoms. The highest BCUT2D eigenvalue weighted by atomic mass is 16.1. The lowest BCUT2D eigenvalue weighted by Gasteiger charge is -2.01. The first-order valence-electron chi connectivity index (χ1n) is 6.66. The van der Waals surface area contributed by atoms with E-state index >= 15 is 0 Å². The number of amides is 1. The summed E-state index contributed by atoms with van der Waals surface area (Å²) in [4.78, 5) is 15.9. The van der Waals surface area contributed by atoms with E-state index in [9.17, 15) is 4.79 Å². The molecular formula is C17H18N2O. The van der Waals surface area contributed by atoms with Crippen molar-refractivity contribution in [2.24, 2.45) is 0 Å². The maximum atomic E-state index is 11.7.